The van der Waals surface area contributed by atoms with Gasteiger partial charge in [0.2, 0.25) is 0 Å². The summed E-state index contributed by atoms with van der Waals surface area (Å²) >= 11 is 0. The van der Waals surface area contributed by atoms with Crippen LogP contribution in [-0.2, 0) is 32.7 Å². The number of hydrogen-bond acceptors (Lipinski definition) is 8. The lowest BCUT2D eigenvalue weighted by molar-refractivity contribution is -0.159. The summed E-state index contributed by atoms with van der Waals surface area (Å²) in [5.41, 5.74) is 5.13. The van der Waals surface area contributed by atoms with Crippen LogP contribution < -0.4 is 5.73 Å². The SMILES string of the molecule is CCCC(=O)OC[C@H](COP(=O)(O)OCCN)OC(C)=O. The van der Waals surface area contributed by atoms with Crippen molar-refractivity contribution in [2.24, 2.45) is 5.73 Å². The van der Waals surface area contributed by atoms with Gasteiger partial charge in [0.15, 0.2) is 6.10 Å². The van der Waals surface area contributed by atoms with Crippen molar-refractivity contribution < 1.29 is 37.6 Å². The van der Waals surface area contributed by atoms with Crippen molar-refractivity contribution in [1.82, 2.24) is 0 Å². The maximum atomic E-state index is 11.4. The number of esters is 2. The van der Waals surface area contributed by atoms with Gasteiger partial charge in [-0.15, -0.1) is 0 Å². The number of phosphoric ester groups is 1. The molecule has 1 unspecified atom stereocenters. The van der Waals surface area contributed by atoms with Gasteiger partial charge in [0.1, 0.15) is 6.61 Å². The number of ether oxygens (including phenoxy) is 2. The molecule has 0 saturated carbocycles. The van der Waals surface area contributed by atoms with Crippen LogP contribution in [0.1, 0.15) is 26.7 Å². The molecule has 0 amide bonds. The maximum absolute atomic E-state index is 11.4. The Labute approximate surface area is 123 Å². The fraction of sp³-hybridized carbons (Fsp3) is 0.818. The zero-order chi connectivity index (χ0) is 16.3. The summed E-state index contributed by atoms with van der Waals surface area (Å²) in [4.78, 5) is 31.5. The maximum Gasteiger partial charge on any atom is 0.472 e. The van der Waals surface area contributed by atoms with Gasteiger partial charge < -0.3 is 20.1 Å². The van der Waals surface area contributed by atoms with Crippen LogP contribution in [0.3, 0.4) is 0 Å². The lowest BCUT2D eigenvalue weighted by Gasteiger charge is -2.18. The van der Waals surface area contributed by atoms with Crippen LogP contribution in [0.5, 0.6) is 0 Å². The van der Waals surface area contributed by atoms with E-state index >= 15 is 0 Å². The molecule has 0 saturated heterocycles. The van der Waals surface area contributed by atoms with E-state index in [1.165, 1.54) is 0 Å². The molecule has 0 aliphatic heterocycles. The van der Waals surface area contributed by atoms with Crippen molar-refractivity contribution in [1.29, 1.82) is 0 Å². The van der Waals surface area contributed by atoms with E-state index in [-0.39, 0.29) is 26.2 Å². The van der Waals surface area contributed by atoms with E-state index in [0.717, 1.165) is 6.92 Å². The van der Waals surface area contributed by atoms with Crippen LogP contribution in [0.4, 0.5) is 0 Å². The molecule has 3 N–H and O–H groups in total. The minimum Gasteiger partial charge on any atom is -0.462 e. The van der Waals surface area contributed by atoms with Gasteiger partial charge in [-0.25, -0.2) is 4.57 Å². The third-order valence-corrected chi connectivity index (χ3v) is 3.00. The Balaban J connectivity index is 4.32. The first-order chi connectivity index (χ1) is 9.80. The topological polar surface area (TPSA) is 134 Å². The number of carbonyl (C=O) groups excluding carboxylic acids is 2. The van der Waals surface area contributed by atoms with Gasteiger partial charge in [0, 0.05) is 19.9 Å². The first-order valence-corrected chi connectivity index (χ1v) is 7.95. The summed E-state index contributed by atoms with van der Waals surface area (Å²) < 4.78 is 30.3. The molecule has 0 aromatic carbocycles. The summed E-state index contributed by atoms with van der Waals surface area (Å²) in [5.74, 6) is -1.09. The zero-order valence-corrected chi connectivity index (χ0v) is 13.0. The van der Waals surface area contributed by atoms with E-state index in [1.807, 2.05) is 6.92 Å². The Kier molecular flexibility index (Phi) is 10.2. The Bertz CT molecular complexity index is 375. The summed E-state index contributed by atoms with van der Waals surface area (Å²) in [7, 11) is -4.28. The number of nitrogens with two attached hydrogens (primary N) is 1. The van der Waals surface area contributed by atoms with Crippen molar-refractivity contribution in [2.45, 2.75) is 32.8 Å². The molecule has 0 heterocycles. The van der Waals surface area contributed by atoms with Crippen LogP contribution in [0.15, 0.2) is 0 Å². The van der Waals surface area contributed by atoms with Crippen LogP contribution in [0.2, 0.25) is 0 Å². The molecule has 2 atom stereocenters. The largest absolute Gasteiger partial charge is 0.472 e. The molecule has 0 aliphatic carbocycles. The second-order valence-corrected chi connectivity index (χ2v) is 5.50. The quantitative estimate of drug-likeness (QED) is 0.407. The first-order valence-electron chi connectivity index (χ1n) is 6.45. The second kappa shape index (κ2) is 10.7. The van der Waals surface area contributed by atoms with Gasteiger partial charge in [0.05, 0.1) is 13.2 Å². The predicted molar refractivity (Wildman–Crippen MR) is 72.2 cm³/mol. The van der Waals surface area contributed by atoms with Crippen molar-refractivity contribution in [3.63, 3.8) is 0 Å². The number of rotatable bonds is 11. The normalized spacial score (nSPS) is 15.0. The van der Waals surface area contributed by atoms with E-state index in [9.17, 15) is 19.0 Å². The highest BCUT2D eigenvalue weighted by Gasteiger charge is 2.25. The fourth-order valence-corrected chi connectivity index (χ4v) is 1.96. The van der Waals surface area contributed by atoms with Crippen LogP contribution >= 0.6 is 7.82 Å². The standard InChI is InChI=1S/C11H22NO8P/c1-3-4-11(14)17-7-10(20-9(2)13)8-19-21(15,16)18-6-5-12/h10H,3-8,12H2,1-2H3,(H,15,16)/t10-/m1/s1. The Morgan fingerprint density at radius 1 is 1.29 bits per heavy atom. The molecule has 0 rings (SSSR count). The van der Waals surface area contributed by atoms with Crippen molar-refractivity contribution >= 4 is 19.8 Å². The fourth-order valence-electron chi connectivity index (χ4n) is 1.20. The molecular weight excluding hydrogens is 305 g/mol. The van der Waals surface area contributed by atoms with Gasteiger partial charge in [-0.1, -0.05) is 6.92 Å². The molecule has 21 heavy (non-hydrogen) atoms. The highest BCUT2D eigenvalue weighted by molar-refractivity contribution is 7.47. The van der Waals surface area contributed by atoms with Gasteiger partial charge >= 0.3 is 19.8 Å². The number of hydrogen-bond donors (Lipinski definition) is 2. The molecule has 0 aliphatic rings. The van der Waals surface area contributed by atoms with E-state index < -0.39 is 32.5 Å². The highest BCUT2D eigenvalue weighted by Crippen LogP contribution is 2.42. The average molecular weight is 327 g/mol. The predicted octanol–water partition coefficient (Wildman–Crippen LogP) is 0.354. The van der Waals surface area contributed by atoms with Crippen molar-refractivity contribution in [3.8, 4) is 0 Å². The van der Waals surface area contributed by atoms with Gasteiger partial charge in [-0.05, 0) is 6.42 Å². The van der Waals surface area contributed by atoms with Crippen molar-refractivity contribution in [2.75, 3.05) is 26.4 Å². The smallest absolute Gasteiger partial charge is 0.462 e. The molecule has 0 aromatic heterocycles. The third-order valence-electron chi connectivity index (χ3n) is 2.01. The summed E-state index contributed by atoms with van der Waals surface area (Å²) in [6, 6.07) is 0. The molecule has 0 fully saturated rings. The highest BCUT2D eigenvalue weighted by atomic mass is 31.2. The number of carbonyl (C=O) groups is 2. The van der Waals surface area contributed by atoms with Gasteiger partial charge in [0.25, 0.3) is 0 Å². The average Bonchev–Trinajstić information content (AvgIpc) is 2.39. The molecule has 10 heteroatoms. The summed E-state index contributed by atoms with van der Waals surface area (Å²) in [6.45, 7) is 2.15. The van der Waals surface area contributed by atoms with Crippen LogP contribution in [0.25, 0.3) is 0 Å². The monoisotopic (exact) mass is 327 g/mol. The summed E-state index contributed by atoms with van der Waals surface area (Å²) in [6.07, 6.45) is -0.150. The molecule has 0 aromatic rings. The van der Waals surface area contributed by atoms with Gasteiger partial charge in [-0.3, -0.25) is 18.6 Å². The minimum absolute atomic E-state index is 0.0515. The molecule has 0 spiro atoms. The van der Waals surface area contributed by atoms with Gasteiger partial charge in [-0.2, -0.15) is 0 Å². The molecular formula is C11H22NO8P. The van der Waals surface area contributed by atoms with Crippen molar-refractivity contribution in [3.05, 3.63) is 0 Å². The Morgan fingerprint density at radius 2 is 1.95 bits per heavy atom. The Hall–Kier alpha value is -0.990. The first kappa shape index (κ1) is 20.0. The third kappa shape index (κ3) is 11.4. The molecule has 9 nitrogen and oxygen atoms in total. The van der Waals surface area contributed by atoms with Crippen LogP contribution in [-0.4, -0.2) is 49.3 Å². The van der Waals surface area contributed by atoms with Crippen LogP contribution in [0, 0.1) is 0 Å². The lowest BCUT2D eigenvalue weighted by Crippen LogP contribution is -2.28. The Morgan fingerprint density at radius 3 is 2.48 bits per heavy atom. The molecule has 124 valence electrons. The second-order valence-electron chi connectivity index (χ2n) is 4.05. The van der Waals surface area contributed by atoms with E-state index in [2.05, 4.69) is 9.05 Å². The van der Waals surface area contributed by atoms with E-state index in [0.29, 0.717) is 6.42 Å². The van der Waals surface area contributed by atoms with E-state index in [1.54, 1.807) is 0 Å². The zero-order valence-electron chi connectivity index (χ0n) is 12.1. The minimum atomic E-state index is -4.28. The lowest BCUT2D eigenvalue weighted by atomic mass is 10.3. The molecule has 0 radical (unpaired) electrons. The van der Waals surface area contributed by atoms with E-state index in [4.69, 9.17) is 15.2 Å². The summed E-state index contributed by atoms with van der Waals surface area (Å²) in [5, 5.41) is 0. The number of phosphoric acid groups is 1. The molecule has 0 bridgehead atoms.